The van der Waals surface area contributed by atoms with Crippen molar-refractivity contribution in [3.63, 3.8) is 0 Å². The quantitative estimate of drug-likeness (QED) is 0.0240. The highest BCUT2D eigenvalue weighted by atomic mass is 31.2. The lowest BCUT2D eigenvalue weighted by atomic mass is 10.0. The van der Waals surface area contributed by atoms with E-state index in [2.05, 4.69) is 116 Å². The first-order valence-electron chi connectivity index (χ1n) is 27.7. The van der Waals surface area contributed by atoms with Gasteiger partial charge in [-0.05, 0) is 96.3 Å². The molecule has 1 amide bonds. The summed E-state index contributed by atoms with van der Waals surface area (Å²) in [6, 6.07) is -1.10. The molecule has 0 spiro atoms. The van der Waals surface area contributed by atoms with Crippen molar-refractivity contribution in [3.05, 3.63) is 97.2 Å². The Labute approximate surface area is 424 Å². The lowest BCUT2D eigenvalue weighted by Gasteiger charge is -2.31. The molecule has 9 nitrogen and oxygen atoms in total. The van der Waals surface area contributed by atoms with E-state index in [1.165, 1.54) is 89.9 Å². The standard InChI is InChI=1S/C59H105N2O7P/c1-6-8-10-12-14-16-18-20-21-22-23-24-25-26-27-28-29-30-31-32-33-34-35-36-37-38-39-40-42-44-46-48-50-52-58(63)60-56(55-68-69(65,66)67-54-53-61(3,4)5)59(64)57(62)51-49-47-45-43-41-19-17-15-13-11-9-7-2/h8,10,14,16,20-21,23-24,26-27,29-30,32-33,43,45,56-57,59,62,64H,6-7,9,11-13,15,17-19,22,25,28,31,34-42,44,46-55H2,1-5H3,(H-,60,63,65,66)/b10-8-,16-14-,21-20-,24-23-,27-26-,30-29-,33-32-,45-43+. The number of phosphoric ester groups is 1. The second-order valence-corrected chi connectivity index (χ2v) is 21.1. The number of nitrogens with zero attached hydrogens (tertiary/aromatic N) is 1. The summed E-state index contributed by atoms with van der Waals surface area (Å²) in [5, 5.41) is 24.7. The molecule has 0 aliphatic carbocycles. The fourth-order valence-corrected chi connectivity index (χ4v) is 8.25. The van der Waals surface area contributed by atoms with E-state index in [1.54, 1.807) is 0 Å². The Morgan fingerprint density at radius 3 is 1.35 bits per heavy atom. The summed E-state index contributed by atoms with van der Waals surface area (Å²) in [5.74, 6) is -0.296. The lowest BCUT2D eigenvalue weighted by Crippen LogP contribution is -2.51. The summed E-state index contributed by atoms with van der Waals surface area (Å²) in [6.07, 6.45) is 66.1. The van der Waals surface area contributed by atoms with Gasteiger partial charge in [-0.3, -0.25) is 9.36 Å². The predicted molar refractivity (Wildman–Crippen MR) is 294 cm³/mol. The van der Waals surface area contributed by atoms with Crippen molar-refractivity contribution in [3.8, 4) is 0 Å². The first-order valence-corrected chi connectivity index (χ1v) is 29.1. The Bertz CT molecular complexity index is 1460. The van der Waals surface area contributed by atoms with Crippen LogP contribution in [0.2, 0.25) is 0 Å². The van der Waals surface area contributed by atoms with Crippen LogP contribution in [0.1, 0.15) is 213 Å². The first kappa shape index (κ1) is 66.4. The van der Waals surface area contributed by atoms with Gasteiger partial charge in [0.05, 0.1) is 39.9 Å². The number of unbranched alkanes of at least 4 members (excludes halogenated alkanes) is 19. The minimum Gasteiger partial charge on any atom is -0.756 e. The van der Waals surface area contributed by atoms with Gasteiger partial charge >= 0.3 is 0 Å². The summed E-state index contributed by atoms with van der Waals surface area (Å²) in [7, 11) is 1.09. The van der Waals surface area contributed by atoms with Gasteiger partial charge in [-0.15, -0.1) is 0 Å². The third-order valence-corrected chi connectivity index (χ3v) is 12.9. The maximum Gasteiger partial charge on any atom is 0.268 e. The Kier molecular flexibility index (Phi) is 47.1. The van der Waals surface area contributed by atoms with Crippen LogP contribution in [0.15, 0.2) is 97.2 Å². The zero-order valence-electron chi connectivity index (χ0n) is 44.8. The molecule has 0 aromatic rings. The van der Waals surface area contributed by atoms with Crippen LogP contribution in [0, 0.1) is 0 Å². The van der Waals surface area contributed by atoms with Crippen LogP contribution in [0.4, 0.5) is 0 Å². The van der Waals surface area contributed by atoms with Gasteiger partial charge in [0.25, 0.3) is 7.82 Å². The number of amides is 1. The van der Waals surface area contributed by atoms with Gasteiger partial charge in [0.1, 0.15) is 19.3 Å². The van der Waals surface area contributed by atoms with Gasteiger partial charge in [0, 0.05) is 6.42 Å². The predicted octanol–water partition coefficient (Wildman–Crippen LogP) is 15.0. The van der Waals surface area contributed by atoms with Gasteiger partial charge in [0.2, 0.25) is 5.91 Å². The van der Waals surface area contributed by atoms with Crippen molar-refractivity contribution in [1.82, 2.24) is 5.32 Å². The van der Waals surface area contributed by atoms with Gasteiger partial charge in [-0.25, -0.2) is 0 Å². The average molecular weight is 985 g/mol. The number of aliphatic hydroxyl groups excluding tert-OH is 2. The molecule has 0 rings (SSSR count). The monoisotopic (exact) mass is 985 g/mol. The van der Waals surface area contributed by atoms with E-state index in [4.69, 9.17) is 9.05 Å². The molecule has 0 fully saturated rings. The molecule has 3 N–H and O–H groups in total. The number of hydrogen-bond donors (Lipinski definition) is 3. The molecule has 0 aliphatic heterocycles. The lowest BCUT2D eigenvalue weighted by molar-refractivity contribution is -0.870. The minimum atomic E-state index is -4.68. The summed E-state index contributed by atoms with van der Waals surface area (Å²) in [4.78, 5) is 25.5. The smallest absolute Gasteiger partial charge is 0.268 e. The van der Waals surface area contributed by atoms with Crippen molar-refractivity contribution < 1.29 is 38.0 Å². The Morgan fingerprint density at radius 1 is 0.536 bits per heavy atom. The second-order valence-electron chi connectivity index (χ2n) is 19.7. The van der Waals surface area contributed by atoms with Crippen molar-refractivity contribution in [1.29, 1.82) is 0 Å². The average Bonchev–Trinajstić information content (AvgIpc) is 3.31. The molecule has 0 aromatic heterocycles. The van der Waals surface area contributed by atoms with Crippen LogP contribution in [0.3, 0.4) is 0 Å². The van der Waals surface area contributed by atoms with E-state index < -0.39 is 32.7 Å². The third kappa shape index (κ3) is 50.1. The number of aliphatic hydroxyl groups is 2. The second kappa shape index (κ2) is 49.0. The van der Waals surface area contributed by atoms with Crippen LogP contribution in [-0.2, 0) is 18.4 Å². The van der Waals surface area contributed by atoms with Crippen LogP contribution in [0.25, 0.3) is 0 Å². The molecule has 10 heteroatoms. The molecule has 0 aliphatic rings. The molecule has 0 bridgehead atoms. The number of carbonyl (C=O) groups excluding carboxylic acids is 1. The van der Waals surface area contributed by atoms with E-state index in [-0.39, 0.29) is 18.9 Å². The Hall–Kier alpha value is -2.62. The van der Waals surface area contributed by atoms with Crippen LogP contribution in [0.5, 0.6) is 0 Å². The highest BCUT2D eigenvalue weighted by Crippen LogP contribution is 2.38. The van der Waals surface area contributed by atoms with Crippen LogP contribution < -0.4 is 10.2 Å². The summed E-state index contributed by atoms with van der Waals surface area (Å²) in [6.45, 7) is 4.28. The van der Waals surface area contributed by atoms with Gasteiger partial charge < -0.3 is 34.0 Å². The number of phosphoric acid groups is 1. The fourth-order valence-electron chi connectivity index (χ4n) is 7.53. The van der Waals surface area contributed by atoms with E-state index in [0.717, 1.165) is 83.5 Å². The number of nitrogens with one attached hydrogen (secondary N) is 1. The number of hydrogen-bond acceptors (Lipinski definition) is 7. The molecule has 0 radical (unpaired) electrons. The zero-order valence-corrected chi connectivity index (χ0v) is 45.7. The van der Waals surface area contributed by atoms with Crippen molar-refractivity contribution in [2.75, 3.05) is 40.9 Å². The largest absolute Gasteiger partial charge is 0.756 e. The molecule has 4 atom stereocenters. The summed E-state index contributed by atoms with van der Waals surface area (Å²) < 4.78 is 23.2. The number of allylic oxidation sites excluding steroid dienone is 16. The van der Waals surface area contributed by atoms with Crippen molar-refractivity contribution >= 4 is 13.7 Å². The van der Waals surface area contributed by atoms with E-state index >= 15 is 0 Å². The summed E-state index contributed by atoms with van der Waals surface area (Å²) in [5.41, 5.74) is 0. The van der Waals surface area contributed by atoms with Gasteiger partial charge in [-0.2, -0.15) is 0 Å². The van der Waals surface area contributed by atoms with E-state index in [0.29, 0.717) is 30.3 Å². The molecule has 0 saturated carbocycles. The Balaban J connectivity index is 4.22. The number of likely N-dealkylation sites (N-methyl/N-ethyl adjacent to an activating group) is 1. The molecule has 398 valence electrons. The van der Waals surface area contributed by atoms with Crippen LogP contribution in [-0.4, -0.2) is 79.8 Å². The normalized spacial score (nSPS) is 15.2. The molecule has 69 heavy (non-hydrogen) atoms. The number of carbonyl (C=O) groups is 1. The topological polar surface area (TPSA) is 128 Å². The van der Waals surface area contributed by atoms with Gasteiger partial charge in [-0.1, -0.05) is 207 Å². The third-order valence-electron chi connectivity index (χ3n) is 11.9. The van der Waals surface area contributed by atoms with Gasteiger partial charge in [0.15, 0.2) is 0 Å². The van der Waals surface area contributed by atoms with Crippen molar-refractivity contribution in [2.24, 2.45) is 0 Å². The minimum absolute atomic E-state index is 0.0509. The van der Waals surface area contributed by atoms with E-state index in [9.17, 15) is 24.5 Å². The molecular formula is C59H105N2O7P. The maximum atomic E-state index is 13.0. The molecule has 0 saturated heterocycles. The zero-order chi connectivity index (χ0) is 50.8. The van der Waals surface area contributed by atoms with Crippen molar-refractivity contribution in [2.45, 2.75) is 231 Å². The molecular weight excluding hydrogens is 880 g/mol. The summed E-state index contributed by atoms with van der Waals surface area (Å²) >= 11 is 0. The highest BCUT2D eigenvalue weighted by molar-refractivity contribution is 7.45. The first-order chi connectivity index (χ1) is 33.4. The fraction of sp³-hybridized carbons (Fsp3) is 0.712. The maximum absolute atomic E-state index is 13.0. The SMILES string of the molecule is CC/C=C\C/C=C\C/C=C\C/C=C\C/C=C\C/C=C\C/C=C\CCCCCCCCCCCCCC(=O)NC(COP(=O)([O-])OCC[N+](C)(C)C)C(O)C(O)CCC/C=C/CCCCCCCCC. The Morgan fingerprint density at radius 2 is 0.913 bits per heavy atom. The molecule has 4 unspecified atom stereocenters. The highest BCUT2D eigenvalue weighted by Gasteiger charge is 2.29. The number of quaternary nitrogens is 1. The van der Waals surface area contributed by atoms with E-state index in [1.807, 2.05) is 21.1 Å². The molecule has 0 aromatic carbocycles. The van der Waals surface area contributed by atoms with Crippen LogP contribution >= 0.6 is 7.82 Å². The number of rotatable bonds is 49. The molecule has 0 heterocycles.